The Kier molecular flexibility index (Phi) is 3.26. The third kappa shape index (κ3) is 2.31. The molecule has 1 aromatic carbocycles. The van der Waals surface area contributed by atoms with E-state index in [0.29, 0.717) is 23.8 Å². The summed E-state index contributed by atoms with van der Waals surface area (Å²) in [7, 11) is 0. The molecule has 0 spiro atoms. The first kappa shape index (κ1) is 12.8. The Morgan fingerprint density at radius 3 is 2.95 bits per heavy atom. The van der Waals surface area contributed by atoms with Crippen molar-refractivity contribution in [2.45, 2.75) is 25.7 Å². The van der Waals surface area contributed by atoms with Gasteiger partial charge in [0.25, 0.3) is 0 Å². The minimum atomic E-state index is -0.364. The molecule has 1 saturated carbocycles. The molecule has 1 heterocycles. The molecule has 1 aliphatic carbocycles. The predicted molar refractivity (Wildman–Crippen MR) is 71.5 cm³/mol. The van der Waals surface area contributed by atoms with Crippen LogP contribution in [0, 0.1) is 5.82 Å². The molecular formula is C15H15FN2O2. The van der Waals surface area contributed by atoms with Crippen molar-refractivity contribution in [2.75, 3.05) is 6.61 Å². The average Bonchev–Trinajstić information content (AvgIpc) is 3.17. The monoisotopic (exact) mass is 274 g/mol. The number of esters is 1. The first-order valence-corrected chi connectivity index (χ1v) is 6.71. The zero-order chi connectivity index (χ0) is 14.1. The van der Waals surface area contributed by atoms with Crippen LogP contribution in [0.3, 0.4) is 0 Å². The van der Waals surface area contributed by atoms with E-state index in [-0.39, 0.29) is 11.8 Å². The number of rotatable bonds is 4. The van der Waals surface area contributed by atoms with Crippen LogP contribution < -0.4 is 0 Å². The van der Waals surface area contributed by atoms with E-state index in [1.807, 2.05) is 0 Å². The number of carbonyl (C=O) groups is 1. The highest BCUT2D eigenvalue weighted by Gasteiger charge is 2.33. The second-order valence-electron chi connectivity index (χ2n) is 4.83. The lowest BCUT2D eigenvalue weighted by molar-refractivity contribution is 0.0525. The molecule has 4 nitrogen and oxygen atoms in total. The van der Waals surface area contributed by atoms with E-state index in [9.17, 15) is 9.18 Å². The number of hydrogen-bond donors (Lipinski definition) is 0. The summed E-state index contributed by atoms with van der Waals surface area (Å²) in [5.41, 5.74) is 1.94. The third-order valence-corrected chi connectivity index (χ3v) is 3.32. The maximum atomic E-state index is 13.4. The van der Waals surface area contributed by atoms with Crippen LogP contribution in [0.5, 0.6) is 0 Å². The number of halogens is 1. The number of hydrogen-bond acceptors (Lipinski definition) is 3. The topological polar surface area (TPSA) is 44.1 Å². The van der Waals surface area contributed by atoms with Gasteiger partial charge >= 0.3 is 5.97 Å². The van der Waals surface area contributed by atoms with Crippen molar-refractivity contribution in [1.29, 1.82) is 0 Å². The summed E-state index contributed by atoms with van der Waals surface area (Å²) in [6.45, 7) is 2.10. The molecule has 3 rings (SSSR count). The molecule has 0 atom stereocenters. The highest BCUT2D eigenvalue weighted by Crippen LogP contribution is 2.42. The zero-order valence-corrected chi connectivity index (χ0v) is 11.2. The summed E-state index contributed by atoms with van der Waals surface area (Å²) >= 11 is 0. The van der Waals surface area contributed by atoms with Crippen LogP contribution in [0.1, 0.15) is 41.7 Å². The van der Waals surface area contributed by atoms with Gasteiger partial charge in [-0.1, -0.05) is 6.07 Å². The summed E-state index contributed by atoms with van der Waals surface area (Å²) in [6.07, 6.45) is 3.55. The summed E-state index contributed by atoms with van der Waals surface area (Å²) in [5.74, 6) is -0.380. The second kappa shape index (κ2) is 5.07. The van der Waals surface area contributed by atoms with Crippen LogP contribution in [-0.4, -0.2) is 22.4 Å². The van der Waals surface area contributed by atoms with Crippen molar-refractivity contribution in [3.05, 3.63) is 47.5 Å². The molecule has 2 aromatic rings. The van der Waals surface area contributed by atoms with Crippen molar-refractivity contribution < 1.29 is 13.9 Å². The molecule has 0 radical (unpaired) electrons. The number of benzene rings is 1. The Morgan fingerprint density at radius 2 is 2.30 bits per heavy atom. The molecule has 1 aromatic heterocycles. The van der Waals surface area contributed by atoms with E-state index in [0.717, 1.165) is 18.5 Å². The van der Waals surface area contributed by atoms with E-state index in [2.05, 4.69) is 5.10 Å². The second-order valence-corrected chi connectivity index (χ2v) is 4.83. The summed E-state index contributed by atoms with van der Waals surface area (Å²) in [5, 5.41) is 4.24. The van der Waals surface area contributed by atoms with Crippen molar-refractivity contribution in [2.24, 2.45) is 0 Å². The highest BCUT2D eigenvalue weighted by atomic mass is 19.1. The Balaban J connectivity index is 2.06. The predicted octanol–water partition coefficient (Wildman–Crippen LogP) is 3.07. The van der Waals surface area contributed by atoms with Gasteiger partial charge in [0, 0.05) is 5.92 Å². The normalized spacial score (nSPS) is 14.3. The van der Waals surface area contributed by atoms with E-state index in [1.54, 1.807) is 23.7 Å². The van der Waals surface area contributed by atoms with Crippen LogP contribution in [0.2, 0.25) is 0 Å². The standard InChI is InChI=1S/C15H15FN2O2/c1-2-20-15(19)13-9-17-18(14(13)10-6-7-10)12-5-3-4-11(16)8-12/h3-5,8-10H,2,6-7H2,1H3. The molecule has 0 N–H and O–H groups in total. The van der Waals surface area contributed by atoms with Gasteiger partial charge in [-0.2, -0.15) is 5.10 Å². The molecule has 20 heavy (non-hydrogen) atoms. The Hall–Kier alpha value is -2.17. The van der Waals surface area contributed by atoms with Gasteiger partial charge in [0.05, 0.1) is 24.2 Å². The smallest absolute Gasteiger partial charge is 0.341 e. The van der Waals surface area contributed by atoms with Crippen molar-refractivity contribution in [1.82, 2.24) is 9.78 Å². The molecular weight excluding hydrogens is 259 g/mol. The largest absolute Gasteiger partial charge is 0.462 e. The fourth-order valence-electron chi connectivity index (χ4n) is 2.29. The van der Waals surface area contributed by atoms with Crippen LogP contribution in [0.25, 0.3) is 5.69 Å². The molecule has 104 valence electrons. The van der Waals surface area contributed by atoms with Crippen LogP contribution in [0.4, 0.5) is 4.39 Å². The van der Waals surface area contributed by atoms with E-state index < -0.39 is 0 Å². The maximum absolute atomic E-state index is 13.4. The number of aromatic nitrogens is 2. The summed E-state index contributed by atoms with van der Waals surface area (Å²) < 4.78 is 20.1. The lowest BCUT2D eigenvalue weighted by Crippen LogP contribution is -2.09. The molecule has 0 amide bonds. The third-order valence-electron chi connectivity index (χ3n) is 3.32. The van der Waals surface area contributed by atoms with Gasteiger partial charge in [0.2, 0.25) is 0 Å². The molecule has 0 unspecified atom stereocenters. The van der Waals surface area contributed by atoms with Gasteiger partial charge < -0.3 is 4.74 Å². The molecule has 1 fully saturated rings. The van der Waals surface area contributed by atoms with Crippen molar-refractivity contribution in [3.63, 3.8) is 0 Å². The molecule has 0 bridgehead atoms. The Bertz CT molecular complexity index is 647. The van der Waals surface area contributed by atoms with Crippen LogP contribution >= 0.6 is 0 Å². The summed E-state index contributed by atoms with van der Waals surface area (Å²) in [6, 6.07) is 6.20. The van der Waals surface area contributed by atoms with Gasteiger partial charge in [-0.05, 0) is 38.0 Å². The quantitative estimate of drug-likeness (QED) is 0.805. The average molecular weight is 274 g/mol. The summed E-state index contributed by atoms with van der Waals surface area (Å²) in [4.78, 5) is 12.0. The Morgan fingerprint density at radius 1 is 1.50 bits per heavy atom. The van der Waals surface area contributed by atoms with E-state index in [4.69, 9.17) is 4.74 Å². The lowest BCUT2D eigenvalue weighted by atomic mass is 10.1. The number of nitrogens with zero attached hydrogens (tertiary/aromatic N) is 2. The van der Waals surface area contributed by atoms with E-state index >= 15 is 0 Å². The zero-order valence-electron chi connectivity index (χ0n) is 11.2. The van der Waals surface area contributed by atoms with Crippen molar-refractivity contribution >= 4 is 5.97 Å². The highest BCUT2D eigenvalue weighted by molar-refractivity contribution is 5.91. The van der Waals surface area contributed by atoms with Gasteiger partial charge in [-0.3, -0.25) is 0 Å². The molecule has 0 aliphatic heterocycles. The van der Waals surface area contributed by atoms with Crippen LogP contribution in [-0.2, 0) is 4.74 Å². The SMILES string of the molecule is CCOC(=O)c1cnn(-c2cccc(F)c2)c1C1CC1. The lowest BCUT2D eigenvalue weighted by Gasteiger charge is -2.08. The minimum absolute atomic E-state index is 0.306. The van der Waals surface area contributed by atoms with Crippen LogP contribution in [0.15, 0.2) is 30.5 Å². The first-order chi connectivity index (χ1) is 9.70. The van der Waals surface area contributed by atoms with E-state index in [1.165, 1.54) is 18.3 Å². The first-order valence-electron chi connectivity index (χ1n) is 6.71. The van der Waals surface area contributed by atoms with Gasteiger partial charge in [-0.25, -0.2) is 13.9 Å². The Labute approximate surface area is 116 Å². The molecule has 1 aliphatic rings. The van der Waals surface area contributed by atoms with Gasteiger partial charge in [-0.15, -0.1) is 0 Å². The van der Waals surface area contributed by atoms with Gasteiger partial charge in [0.15, 0.2) is 0 Å². The minimum Gasteiger partial charge on any atom is -0.462 e. The van der Waals surface area contributed by atoms with Crippen molar-refractivity contribution in [3.8, 4) is 5.69 Å². The maximum Gasteiger partial charge on any atom is 0.341 e. The molecule has 0 saturated heterocycles. The number of ether oxygens (including phenoxy) is 1. The molecule has 5 heteroatoms. The number of carbonyl (C=O) groups excluding carboxylic acids is 1. The fraction of sp³-hybridized carbons (Fsp3) is 0.333. The van der Waals surface area contributed by atoms with Gasteiger partial charge in [0.1, 0.15) is 11.4 Å². The fourth-order valence-corrected chi connectivity index (χ4v) is 2.29.